The third-order valence-corrected chi connectivity index (χ3v) is 2.57. The normalized spacial score (nSPS) is 24.4. The van der Waals surface area contributed by atoms with Gasteiger partial charge in [0.2, 0.25) is 0 Å². The van der Waals surface area contributed by atoms with Gasteiger partial charge in [-0.15, -0.1) is 0 Å². The Balaban J connectivity index is 2.19. The van der Waals surface area contributed by atoms with Crippen LogP contribution >= 0.6 is 11.6 Å². The molecule has 0 bridgehead atoms. The summed E-state index contributed by atoms with van der Waals surface area (Å²) in [6, 6.07) is 4.62. The Morgan fingerprint density at radius 2 is 2.31 bits per heavy atom. The molecule has 2 rings (SSSR count). The van der Waals surface area contributed by atoms with Crippen LogP contribution in [0.4, 0.5) is 5.69 Å². The van der Waals surface area contributed by atoms with E-state index in [4.69, 9.17) is 21.1 Å². The van der Waals surface area contributed by atoms with E-state index in [0.29, 0.717) is 17.4 Å². The van der Waals surface area contributed by atoms with Gasteiger partial charge in [0.1, 0.15) is 6.10 Å². The number of halogens is 1. The van der Waals surface area contributed by atoms with Crippen molar-refractivity contribution in [2.75, 3.05) is 13.2 Å². The maximum atomic E-state index is 10.7. The van der Waals surface area contributed by atoms with Crippen molar-refractivity contribution >= 4 is 17.3 Å². The zero-order valence-electron chi connectivity index (χ0n) is 8.35. The van der Waals surface area contributed by atoms with Crippen molar-refractivity contribution in [1.29, 1.82) is 0 Å². The minimum atomic E-state index is -0.682. The Morgan fingerprint density at radius 1 is 1.50 bits per heavy atom. The number of rotatable bonds is 3. The molecule has 0 radical (unpaired) electrons. The molecular formula is C10H11ClNO4+. The van der Waals surface area contributed by atoms with Crippen LogP contribution in [0.1, 0.15) is 0 Å². The van der Waals surface area contributed by atoms with Gasteiger partial charge in [-0.1, -0.05) is 11.6 Å². The Hall–Kier alpha value is -1.17. The van der Waals surface area contributed by atoms with Gasteiger partial charge in [-0.05, 0) is 6.07 Å². The number of nitroso groups, excluding NO2 is 1. The standard InChI is InChI=1S/C10H10ClNO4/c11-6-1-2-7(12-14)9(3-6)16-10-5-15-4-8(10)13/h1-3,8,10,13H,4-5H2/p+1/t8-,10-/m0/s1. The third kappa shape index (κ3) is 2.32. The highest BCUT2D eigenvalue weighted by Crippen LogP contribution is 2.26. The number of aliphatic hydroxyl groups is 1. The number of nitrogens with one attached hydrogen (secondary N) is 1. The first-order valence-electron chi connectivity index (χ1n) is 4.81. The zero-order chi connectivity index (χ0) is 11.5. The second kappa shape index (κ2) is 4.78. The van der Waals surface area contributed by atoms with Crippen LogP contribution in [0.25, 0.3) is 0 Å². The number of benzene rings is 1. The lowest BCUT2D eigenvalue weighted by Crippen LogP contribution is -2.56. The van der Waals surface area contributed by atoms with Gasteiger partial charge in [-0.3, -0.25) is 0 Å². The van der Waals surface area contributed by atoms with Gasteiger partial charge in [0, 0.05) is 27.2 Å². The van der Waals surface area contributed by atoms with E-state index >= 15 is 0 Å². The minimum absolute atomic E-state index is 0.241. The van der Waals surface area contributed by atoms with Crippen LogP contribution in [0, 0.1) is 4.91 Å². The molecule has 1 fully saturated rings. The summed E-state index contributed by atoms with van der Waals surface area (Å²) in [4.78, 5) is 10.7. The summed E-state index contributed by atoms with van der Waals surface area (Å²) in [6.45, 7) is 0.539. The summed E-state index contributed by atoms with van der Waals surface area (Å²) in [5.41, 5.74) is 0.281. The van der Waals surface area contributed by atoms with Gasteiger partial charge in [-0.2, -0.15) is 0 Å². The quantitative estimate of drug-likeness (QED) is 0.783. The first kappa shape index (κ1) is 11.3. The molecule has 0 aliphatic carbocycles. The molecule has 1 aromatic carbocycles. The van der Waals surface area contributed by atoms with Crippen LogP contribution in [0.5, 0.6) is 5.75 Å². The fourth-order valence-corrected chi connectivity index (χ4v) is 1.64. The molecule has 1 saturated heterocycles. The van der Waals surface area contributed by atoms with Crippen LogP contribution in [0.3, 0.4) is 0 Å². The third-order valence-electron chi connectivity index (χ3n) is 2.33. The summed E-state index contributed by atoms with van der Waals surface area (Å²) >= 11 is 5.79. The highest BCUT2D eigenvalue weighted by molar-refractivity contribution is 6.30. The average molecular weight is 245 g/mol. The summed E-state index contributed by atoms with van der Waals surface area (Å²) in [5, 5.41) is 11.7. The fraction of sp³-hybridized carbons (Fsp3) is 0.400. The summed E-state index contributed by atoms with van der Waals surface area (Å²) in [5.74, 6) is 0.317. The van der Waals surface area contributed by atoms with Crippen molar-refractivity contribution in [2.45, 2.75) is 12.2 Å². The number of ether oxygens (including phenoxy) is 2. The first-order valence-corrected chi connectivity index (χ1v) is 5.18. The molecule has 86 valence electrons. The molecule has 0 aromatic heterocycles. The predicted octanol–water partition coefficient (Wildman–Crippen LogP) is -0.0430. The average Bonchev–Trinajstić information content (AvgIpc) is 2.65. The summed E-state index contributed by atoms with van der Waals surface area (Å²) in [6.07, 6.45) is -1.15. The SMILES string of the molecule is O=[NH+]c1ccc(Cl)cc1O[C@H]1COC[C@@H]1O. The molecule has 16 heavy (non-hydrogen) atoms. The second-order valence-electron chi connectivity index (χ2n) is 3.50. The van der Waals surface area contributed by atoms with E-state index in [9.17, 15) is 10.0 Å². The Bertz CT molecular complexity index is 398. The van der Waals surface area contributed by atoms with Gasteiger partial charge >= 0.3 is 0 Å². The highest BCUT2D eigenvalue weighted by atomic mass is 35.5. The largest absolute Gasteiger partial charge is 0.478 e. The molecule has 1 heterocycles. The molecule has 0 amide bonds. The molecule has 0 spiro atoms. The highest BCUT2D eigenvalue weighted by Gasteiger charge is 2.29. The van der Waals surface area contributed by atoms with E-state index in [1.54, 1.807) is 11.2 Å². The predicted molar refractivity (Wildman–Crippen MR) is 56.7 cm³/mol. The van der Waals surface area contributed by atoms with Gasteiger partial charge in [0.05, 0.1) is 13.2 Å². The maximum absolute atomic E-state index is 10.7. The van der Waals surface area contributed by atoms with Crippen molar-refractivity contribution in [2.24, 2.45) is 0 Å². The number of hydrogen-bond acceptors (Lipinski definition) is 4. The molecule has 1 aromatic rings. The van der Waals surface area contributed by atoms with Crippen molar-refractivity contribution in [3.8, 4) is 5.75 Å². The molecular weight excluding hydrogens is 234 g/mol. The van der Waals surface area contributed by atoms with Gasteiger partial charge in [0.15, 0.2) is 11.9 Å². The monoisotopic (exact) mass is 244 g/mol. The Labute approximate surface area is 96.9 Å². The zero-order valence-corrected chi connectivity index (χ0v) is 9.11. The van der Waals surface area contributed by atoms with E-state index in [-0.39, 0.29) is 12.3 Å². The van der Waals surface area contributed by atoms with Gasteiger partial charge < -0.3 is 14.6 Å². The molecule has 0 unspecified atom stereocenters. The molecule has 6 heteroatoms. The van der Waals surface area contributed by atoms with Crippen LogP contribution in [-0.4, -0.2) is 30.5 Å². The number of aliphatic hydroxyl groups excluding tert-OH is 1. The van der Waals surface area contributed by atoms with Gasteiger partial charge in [-0.25, -0.2) is 0 Å². The number of hydrogen-bond donors (Lipinski definition) is 2. The van der Waals surface area contributed by atoms with Crippen LogP contribution < -0.4 is 9.91 Å². The summed E-state index contributed by atoms with van der Waals surface area (Å²) < 4.78 is 10.5. The molecule has 1 aliphatic heterocycles. The molecule has 5 nitrogen and oxygen atoms in total. The lowest BCUT2D eigenvalue weighted by atomic mass is 10.2. The van der Waals surface area contributed by atoms with E-state index in [1.807, 2.05) is 0 Å². The van der Waals surface area contributed by atoms with Crippen molar-refractivity contribution in [3.63, 3.8) is 0 Å². The molecule has 0 saturated carbocycles. The minimum Gasteiger partial charge on any atom is -0.478 e. The topological polar surface area (TPSA) is 69.7 Å². The Kier molecular flexibility index (Phi) is 3.38. The van der Waals surface area contributed by atoms with E-state index < -0.39 is 12.2 Å². The second-order valence-corrected chi connectivity index (χ2v) is 3.94. The van der Waals surface area contributed by atoms with Crippen LogP contribution in [0.2, 0.25) is 5.02 Å². The molecule has 2 N–H and O–H groups in total. The molecule has 1 aliphatic rings. The van der Waals surface area contributed by atoms with Crippen LogP contribution in [-0.2, 0) is 4.74 Å². The van der Waals surface area contributed by atoms with Crippen molar-refractivity contribution < 1.29 is 19.8 Å². The van der Waals surface area contributed by atoms with E-state index in [1.165, 1.54) is 12.1 Å². The van der Waals surface area contributed by atoms with Crippen LogP contribution in [0.15, 0.2) is 18.2 Å². The van der Waals surface area contributed by atoms with E-state index in [0.717, 1.165) is 0 Å². The maximum Gasteiger partial charge on any atom is 0.294 e. The lowest BCUT2D eigenvalue weighted by Gasteiger charge is -2.14. The van der Waals surface area contributed by atoms with Crippen molar-refractivity contribution in [3.05, 3.63) is 28.1 Å². The fourth-order valence-electron chi connectivity index (χ4n) is 1.48. The van der Waals surface area contributed by atoms with Crippen molar-refractivity contribution in [1.82, 2.24) is 0 Å². The van der Waals surface area contributed by atoms with Gasteiger partial charge in [0.25, 0.3) is 5.69 Å². The summed E-state index contributed by atoms with van der Waals surface area (Å²) in [7, 11) is 0. The van der Waals surface area contributed by atoms with E-state index in [2.05, 4.69) is 0 Å². The lowest BCUT2D eigenvalue weighted by molar-refractivity contribution is -0.380. The first-order chi connectivity index (χ1) is 7.70. The Morgan fingerprint density at radius 3 is 2.94 bits per heavy atom. The smallest absolute Gasteiger partial charge is 0.294 e. The molecule has 2 atom stereocenters.